The molecule has 34 heavy (non-hydrogen) atoms. The van der Waals surface area contributed by atoms with Crippen molar-refractivity contribution < 1.29 is 4.79 Å². The molecule has 0 bridgehead atoms. The largest absolute Gasteiger partial charge is 0.396 e. The van der Waals surface area contributed by atoms with Gasteiger partial charge in [-0.1, -0.05) is 31.2 Å². The van der Waals surface area contributed by atoms with E-state index in [2.05, 4.69) is 29.4 Å². The van der Waals surface area contributed by atoms with Gasteiger partial charge in [-0.3, -0.25) is 9.80 Å². The van der Waals surface area contributed by atoms with E-state index in [1.54, 1.807) is 30.6 Å². The first-order valence-electron chi connectivity index (χ1n) is 11.0. The summed E-state index contributed by atoms with van der Waals surface area (Å²) in [5.41, 5.74) is 9.78. The van der Waals surface area contributed by atoms with Crippen LogP contribution in [-0.2, 0) is 5.41 Å². The van der Waals surface area contributed by atoms with Crippen LogP contribution < -0.4 is 16.9 Å². The zero-order valence-electron chi connectivity index (χ0n) is 19.9. The molecule has 0 aliphatic heterocycles. The standard InChI is InChI=1S/C26H30N6OS/c1-5-18-8-7-11-21(13-23(18)32(29)15-22(28)24-14-30-17(2)34-24)31-25(33)19-9-6-10-20(12-19)26(3,4)16-27/h6,8-15H,5,7,28-29H2,1-4H3,(H,31,33)/b22-15-. The Hall–Kier alpha value is -3.67. The summed E-state index contributed by atoms with van der Waals surface area (Å²) in [4.78, 5) is 18.1. The van der Waals surface area contributed by atoms with E-state index in [0.29, 0.717) is 23.4 Å². The van der Waals surface area contributed by atoms with E-state index in [-0.39, 0.29) is 5.91 Å². The molecule has 0 saturated heterocycles. The van der Waals surface area contributed by atoms with Gasteiger partial charge in [0.1, 0.15) is 0 Å². The Morgan fingerprint density at radius 1 is 1.38 bits per heavy atom. The normalized spacial score (nSPS) is 14.4. The van der Waals surface area contributed by atoms with E-state index in [1.165, 1.54) is 16.3 Å². The van der Waals surface area contributed by atoms with Crippen LogP contribution in [0.2, 0.25) is 0 Å². The van der Waals surface area contributed by atoms with Crippen molar-refractivity contribution in [3.63, 3.8) is 0 Å². The molecule has 1 aliphatic carbocycles. The average Bonchev–Trinajstić information content (AvgIpc) is 3.15. The molecule has 1 aromatic carbocycles. The summed E-state index contributed by atoms with van der Waals surface area (Å²) in [5, 5.41) is 14.8. The maximum absolute atomic E-state index is 13.0. The summed E-state index contributed by atoms with van der Waals surface area (Å²) < 4.78 is 0. The number of nitriles is 1. The number of nitrogens with two attached hydrogens (primary N) is 2. The molecule has 1 aromatic heterocycles. The predicted octanol–water partition coefficient (Wildman–Crippen LogP) is 4.62. The molecule has 176 valence electrons. The summed E-state index contributed by atoms with van der Waals surface area (Å²) >= 11 is 1.50. The van der Waals surface area contributed by atoms with Gasteiger partial charge >= 0.3 is 0 Å². The maximum Gasteiger partial charge on any atom is 0.255 e. The number of aryl methyl sites for hydroxylation is 1. The number of nitrogens with one attached hydrogen (secondary N) is 1. The van der Waals surface area contributed by atoms with E-state index in [9.17, 15) is 10.1 Å². The molecule has 1 heterocycles. The van der Waals surface area contributed by atoms with Crippen LogP contribution >= 0.6 is 11.3 Å². The Kier molecular flexibility index (Phi) is 7.72. The highest BCUT2D eigenvalue weighted by atomic mass is 32.1. The SMILES string of the molecule is CCC1=CCC=C(NC(=O)c2cccc(C(C)(C)C#N)c2)C=C1N(N)/C=C(\N)c1cnc(C)s1. The lowest BCUT2D eigenvalue weighted by molar-refractivity contribution is 0.0967. The summed E-state index contributed by atoms with van der Waals surface area (Å²) in [6.45, 7) is 7.63. The van der Waals surface area contributed by atoms with Gasteiger partial charge in [0, 0.05) is 23.7 Å². The molecule has 0 spiro atoms. The van der Waals surface area contributed by atoms with Gasteiger partial charge in [0.25, 0.3) is 5.91 Å². The number of carbonyl (C=O) groups is 1. The van der Waals surface area contributed by atoms with E-state index in [1.807, 2.05) is 39.0 Å². The topological polar surface area (TPSA) is 121 Å². The van der Waals surface area contributed by atoms with E-state index in [0.717, 1.165) is 33.1 Å². The molecule has 0 unspecified atom stereocenters. The van der Waals surface area contributed by atoms with Crippen molar-refractivity contribution in [2.45, 2.75) is 46.0 Å². The van der Waals surface area contributed by atoms with Crippen molar-refractivity contribution in [3.05, 3.63) is 92.9 Å². The molecule has 1 aliphatic rings. The third-order valence-electron chi connectivity index (χ3n) is 5.55. The number of benzene rings is 1. The van der Waals surface area contributed by atoms with Crippen LogP contribution in [0.15, 0.2) is 71.9 Å². The number of carbonyl (C=O) groups excluding carboxylic acids is 1. The first-order valence-corrected chi connectivity index (χ1v) is 11.8. The first-order chi connectivity index (χ1) is 16.1. The van der Waals surface area contributed by atoms with Gasteiger partial charge < -0.3 is 11.1 Å². The zero-order chi connectivity index (χ0) is 24.9. The van der Waals surface area contributed by atoms with Crippen LogP contribution in [0.4, 0.5) is 0 Å². The lowest BCUT2D eigenvalue weighted by atomic mass is 9.85. The molecule has 8 heteroatoms. The second-order valence-electron chi connectivity index (χ2n) is 8.51. The molecule has 7 nitrogen and oxygen atoms in total. The van der Waals surface area contributed by atoms with E-state index < -0.39 is 5.41 Å². The highest BCUT2D eigenvalue weighted by molar-refractivity contribution is 7.12. The fourth-order valence-electron chi connectivity index (χ4n) is 3.48. The van der Waals surface area contributed by atoms with E-state index in [4.69, 9.17) is 11.6 Å². The van der Waals surface area contributed by atoms with E-state index >= 15 is 0 Å². The molecule has 3 rings (SSSR count). The number of amides is 1. The number of allylic oxidation sites excluding steroid dienone is 4. The van der Waals surface area contributed by atoms with Crippen LogP contribution in [0.25, 0.3) is 5.70 Å². The number of thiazole rings is 1. The number of aromatic nitrogens is 1. The van der Waals surface area contributed by atoms with Gasteiger partial charge in [-0.15, -0.1) is 11.3 Å². The Balaban J connectivity index is 1.86. The number of hydrogen-bond donors (Lipinski definition) is 3. The second-order valence-corrected chi connectivity index (χ2v) is 9.75. The third kappa shape index (κ3) is 5.81. The van der Waals surface area contributed by atoms with Crippen molar-refractivity contribution in [2.24, 2.45) is 11.6 Å². The monoisotopic (exact) mass is 474 g/mol. The fourth-order valence-corrected chi connectivity index (χ4v) is 4.18. The fraction of sp³-hybridized carbons (Fsp3) is 0.269. The quantitative estimate of drug-likeness (QED) is 0.398. The minimum atomic E-state index is -0.687. The Morgan fingerprint density at radius 2 is 2.15 bits per heavy atom. The predicted molar refractivity (Wildman–Crippen MR) is 137 cm³/mol. The lowest BCUT2D eigenvalue weighted by Crippen LogP contribution is -2.28. The van der Waals surface area contributed by atoms with Gasteiger partial charge in [-0.25, -0.2) is 10.8 Å². The van der Waals surface area contributed by atoms with Gasteiger partial charge in [0.05, 0.1) is 32.8 Å². The molecule has 2 aromatic rings. The maximum atomic E-state index is 13.0. The average molecular weight is 475 g/mol. The molecule has 0 atom stereocenters. The second kappa shape index (κ2) is 10.5. The van der Waals surface area contributed by atoms with Crippen LogP contribution in [0.1, 0.15) is 59.4 Å². The van der Waals surface area contributed by atoms with Crippen molar-refractivity contribution in [1.29, 1.82) is 5.26 Å². The van der Waals surface area contributed by atoms with Crippen LogP contribution in [0.3, 0.4) is 0 Å². The summed E-state index contributed by atoms with van der Waals surface area (Å²) in [7, 11) is 0. The van der Waals surface area contributed by atoms with Crippen molar-refractivity contribution in [3.8, 4) is 6.07 Å². The van der Waals surface area contributed by atoms with Gasteiger partial charge in [0.15, 0.2) is 0 Å². The summed E-state index contributed by atoms with van der Waals surface area (Å²) in [6, 6.07) is 9.41. The molecule has 5 N–H and O–H groups in total. The Labute approximate surface area is 204 Å². The number of nitrogens with zero attached hydrogens (tertiary/aromatic N) is 3. The zero-order valence-corrected chi connectivity index (χ0v) is 20.7. The third-order valence-corrected chi connectivity index (χ3v) is 6.51. The van der Waals surface area contributed by atoms with Gasteiger partial charge in [-0.2, -0.15) is 5.26 Å². The highest BCUT2D eigenvalue weighted by Gasteiger charge is 2.21. The Morgan fingerprint density at radius 3 is 2.79 bits per heavy atom. The van der Waals surface area contributed by atoms with Crippen LogP contribution in [-0.4, -0.2) is 15.9 Å². The van der Waals surface area contributed by atoms with Crippen LogP contribution in [0.5, 0.6) is 0 Å². The van der Waals surface area contributed by atoms with Crippen molar-refractivity contribution in [1.82, 2.24) is 15.3 Å². The molecule has 1 amide bonds. The van der Waals surface area contributed by atoms with Crippen molar-refractivity contribution in [2.75, 3.05) is 0 Å². The molecule has 0 fully saturated rings. The van der Waals surface area contributed by atoms with Crippen molar-refractivity contribution >= 4 is 22.9 Å². The minimum Gasteiger partial charge on any atom is -0.396 e. The smallest absolute Gasteiger partial charge is 0.255 e. The number of hydrazine groups is 1. The minimum absolute atomic E-state index is 0.254. The number of rotatable bonds is 7. The molecule has 0 saturated carbocycles. The summed E-state index contributed by atoms with van der Waals surface area (Å²) in [5.74, 6) is 6.14. The summed E-state index contributed by atoms with van der Waals surface area (Å²) in [6.07, 6.45) is 10.7. The first kappa shape index (κ1) is 25.0. The molecular weight excluding hydrogens is 444 g/mol. The molecular formula is C26H30N6OS. The highest BCUT2D eigenvalue weighted by Crippen LogP contribution is 2.26. The van der Waals surface area contributed by atoms with Gasteiger partial charge in [0.2, 0.25) is 0 Å². The van der Waals surface area contributed by atoms with Crippen LogP contribution in [0, 0.1) is 18.3 Å². The lowest BCUT2D eigenvalue weighted by Gasteiger charge is -2.21. The van der Waals surface area contributed by atoms with Gasteiger partial charge in [-0.05, 0) is 63.0 Å². The molecule has 0 radical (unpaired) electrons. The number of hydrogen-bond acceptors (Lipinski definition) is 7. The Bertz CT molecular complexity index is 1240.